The van der Waals surface area contributed by atoms with Gasteiger partial charge >= 0.3 is 0 Å². The smallest absolute Gasteiger partial charge is 0.193 e. The van der Waals surface area contributed by atoms with E-state index < -0.39 is 0 Å². The molecule has 3 N–H and O–H groups in total. The van der Waals surface area contributed by atoms with Gasteiger partial charge in [0.05, 0.1) is 6.10 Å². The minimum absolute atomic E-state index is 0.170. The van der Waals surface area contributed by atoms with E-state index in [1.165, 1.54) is 0 Å². The van der Waals surface area contributed by atoms with Crippen LogP contribution in [0.15, 0.2) is 29.3 Å². The summed E-state index contributed by atoms with van der Waals surface area (Å²) < 4.78 is 11.1. The van der Waals surface area contributed by atoms with Crippen molar-refractivity contribution in [3.8, 4) is 5.75 Å². The predicted octanol–water partition coefficient (Wildman–Crippen LogP) is 3.26. The summed E-state index contributed by atoms with van der Waals surface area (Å²) in [6.45, 7) is 10.4. The van der Waals surface area contributed by atoms with Gasteiger partial charge in [0.15, 0.2) is 5.96 Å². The Morgan fingerprint density at radius 3 is 2.45 bits per heavy atom. The highest BCUT2D eigenvalue weighted by Gasteiger charge is 1.99. The number of rotatable bonds is 9. The lowest BCUT2D eigenvalue weighted by atomic mass is 10.2. The van der Waals surface area contributed by atoms with Crippen molar-refractivity contribution in [2.45, 2.75) is 40.2 Å². The topological polar surface area (TPSA) is 68.9 Å². The summed E-state index contributed by atoms with van der Waals surface area (Å²) >= 11 is 0. The standard InChI is InChI=1S/C17H29N3O2/c1-13(2)12-21-11-5-10-19-17(18)20-15-6-8-16(9-7-15)22-14(3)4/h6-9,13-14H,5,10-12H2,1-4H3,(H3,18,19,20). The molecule has 5 heteroatoms. The Bertz CT molecular complexity index is 442. The molecule has 0 bridgehead atoms. The van der Waals surface area contributed by atoms with Gasteiger partial charge in [-0.2, -0.15) is 0 Å². The number of ether oxygens (including phenoxy) is 2. The largest absolute Gasteiger partial charge is 0.491 e. The molecule has 0 radical (unpaired) electrons. The van der Waals surface area contributed by atoms with Crippen molar-refractivity contribution >= 4 is 11.6 Å². The highest BCUT2D eigenvalue weighted by Crippen LogP contribution is 2.16. The first-order valence-electron chi connectivity index (χ1n) is 7.88. The van der Waals surface area contributed by atoms with Crippen LogP contribution in [0, 0.1) is 5.92 Å². The average molecular weight is 307 g/mol. The fourth-order valence-corrected chi connectivity index (χ4v) is 1.76. The molecule has 0 unspecified atom stereocenters. The number of benzene rings is 1. The summed E-state index contributed by atoms with van der Waals surface area (Å²) in [6, 6.07) is 7.67. The molecule has 0 spiro atoms. The van der Waals surface area contributed by atoms with E-state index in [1.807, 2.05) is 38.1 Å². The fourth-order valence-electron chi connectivity index (χ4n) is 1.76. The summed E-state index contributed by atoms with van der Waals surface area (Å²) in [4.78, 5) is 4.28. The van der Waals surface area contributed by atoms with Crippen molar-refractivity contribution in [3.05, 3.63) is 24.3 Å². The summed E-state index contributed by atoms with van der Waals surface area (Å²) in [5, 5.41) is 3.06. The van der Waals surface area contributed by atoms with Crippen LogP contribution in [0.2, 0.25) is 0 Å². The average Bonchev–Trinajstić information content (AvgIpc) is 2.44. The molecule has 0 fully saturated rings. The Kier molecular flexibility index (Phi) is 8.36. The second-order valence-corrected chi connectivity index (χ2v) is 5.91. The van der Waals surface area contributed by atoms with E-state index in [9.17, 15) is 0 Å². The zero-order chi connectivity index (χ0) is 16.4. The maximum Gasteiger partial charge on any atom is 0.193 e. The highest BCUT2D eigenvalue weighted by molar-refractivity contribution is 5.92. The van der Waals surface area contributed by atoms with Crippen LogP contribution in [0.5, 0.6) is 5.75 Å². The van der Waals surface area contributed by atoms with Crippen LogP contribution in [-0.4, -0.2) is 31.8 Å². The van der Waals surface area contributed by atoms with Gasteiger partial charge in [-0.25, -0.2) is 0 Å². The van der Waals surface area contributed by atoms with Gasteiger partial charge < -0.3 is 20.5 Å². The van der Waals surface area contributed by atoms with E-state index in [0.717, 1.165) is 31.1 Å². The molecule has 0 aromatic heterocycles. The van der Waals surface area contributed by atoms with Gasteiger partial charge in [0.25, 0.3) is 0 Å². The third kappa shape index (κ3) is 8.52. The number of nitrogens with two attached hydrogens (primary N) is 1. The van der Waals surface area contributed by atoms with E-state index in [-0.39, 0.29) is 6.10 Å². The maximum absolute atomic E-state index is 5.85. The first-order valence-corrected chi connectivity index (χ1v) is 7.88. The Morgan fingerprint density at radius 1 is 1.18 bits per heavy atom. The quantitative estimate of drug-likeness (QED) is 0.417. The van der Waals surface area contributed by atoms with Gasteiger partial charge in [0.1, 0.15) is 5.75 Å². The van der Waals surface area contributed by atoms with E-state index in [0.29, 0.717) is 18.4 Å². The fraction of sp³-hybridized carbons (Fsp3) is 0.588. The van der Waals surface area contributed by atoms with E-state index in [1.54, 1.807) is 0 Å². The molecular formula is C17H29N3O2. The Labute approximate surface area is 133 Å². The highest BCUT2D eigenvalue weighted by atomic mass is 16.5. The Balaban J connectivity index is 2.28. The zero-order valence-electron chi connectivity index (χ0n) is 14.1. The number of hydrogen-bond acceptors (Lipinski definition) is 3. The van der Waals surface area contributed by atoms with Crippen LogP contribution in [0.3, 0.4) is 0 Å². The van der Waals surface area contributed by atoms with E-state index >= 15 is 0 Å². The molecule has 124 valence electrons. The van der Waals surface area contributed by atoms with Crippen molar-refractivity contribution in [2.75, 3.05) is 25.1 Å². The van der Waals surface area contributed by atoms with Crippen LogP contribution >= 0.6 is 0 Å². The Morgan fingerprint density at radius 2 is 1.86 bits per heavy atom. The lowest BCUT2D eigenvalue weighted by Gasteiger charge is -2.11. The molecule has 0 aliphatic heterocycles. The molecule has 0 amide bonds. The van der Waals surface area contributed by atoms with Gasteiger partial charge in [-0.3, -0.25) is 4.99 Å². The lowest BCUT2D eigenvalue weighted by Crippen LogP contribution is -2.23. The molecule has 0 saturated carbocycles. The van der Waals surface area contributed by atoms with Crippen LogP contribution in [0.4, 0.5) is 5.69 Å². The molecule has 0 aliphatic rings. The second-order valence-electron chi connectivity index (χ2n) is 5.91. The summed E-state index contributed by atoms with van der Waals surface area (Å²) in [6.07, 6.45) is 1.04. The monoisotopic (exact) mass is 307 g/mol. The number of hydrogen-bond donors (Lipinski definition) is 2. The van der Waals surface area contributed by atoms with Gasteiger partial charge in [-0.15, -0.1) is 0 Å². The summed E-state index contributed by atoms with van der Waals surface area (Å²) in [5.74, 6) is 1.83. The van der Waals surface area contributed by atoms with Crippen LogP contribution < -0.4 is 15.8 Å². The molecule has 0 atom stereocenters. The van der Waals surface area contributed by atoms with Crippen molar-refractivity contribution < 1.29 is 9.47 Å². The third-order valence-electron chi connectivity index (χ3n) is 2.68. The van der Waals surface area contributed by atoms with Crippen molar-refractivity contribution in [1.29, 1.82) is 0 Å². The van der Waals surface area contributed by atoms with E-state index in [2.05, 4.69) is 24.2 Å². The minimum atomic E-state index is 0.170. The van der Waals surface area contributed by atoms with Crippen molar-refractivity contribution in [1.82, 2.24) is 0 Å². The number of nitrogens with one attached hydrogen (secondary N) is 1. The number of aliphatic imine (C=N–C) groups is 1. The van der Waals surface area contributed by atoms with Crippen LogP contribution in [-0.2, 0) is 4.74 Å². The zero-order valence-corrected chi connectivity index (χ0v) is 14.1. The summed E-state index contributed by atoms with van der Waals surface area (Å²) in [7, 11) is 0. The van der Waals surface area contributed by atoms with Crippen LogP contribution in [0.25, 0.3) is 0 Å². The van der Waals surface area contributed by atoms with Gasteiger partial charge in [-0.1, -0.05) is 13.8 Å². The number of anilines is 1. The Hall–Kier alpha value is -1.75. The molecular weight excluding hydrogens is 278 g/mol. The minimum Gasteiger partial charge on any atom is -0.491 e. The van der Waals surface area contributed by atoms with E-state index in [4.69, 9.17) is 15.2 Å². The molecule has 5 nitrogen and oxygen atoms in total. The molecule has 1 aromatic carbocycles. The lowest BCUT2D eigenvalue weighted by molar-refractivity contribution is 0.109. The predicted molar refractivity (Wildman–Crippen MR) is 92.6 cm³/mol. The molecule has 22 heavy (non-hydrogen) atoms. The second kappa shape index (κ2) is 10.1. The SMILES string of the molecule is CC(C)COCCCN=C(N)Nc1ccc(OC(C)C)cc1. The maximum atomic E-state index is 5.85. The molecule has 0 saturated heterocycles. The first-order chi connectivity index (χ1) is 10.5. The number of nitrogens with zero attached hydrogens (tertiary/aromatic N) is 1. The number of guanidine groups is 1. The molecule has 0 heterocycles. The van der Waals surface area contributed by atoms with Gasteiger partial charge in [0.2, 0.25) is 0 Å². The first kappa shape index (κ1) is 18.3. The van der Waals surface area contributed by atoms with Crippen molar-refractivity contribution in [3.63, 3.8) is 0 Å². The van der Waals surface area contributed by atoms with Gasteiger partial charge in [0, 0.05) is 25.4 Å². The third-order valence-corrected chi connectivity index (χ3v) is 2.68. The normalized spacial score (nSPS) is 12.0. The molecule has 1 aromatic rings. The molecule has 0 aliphatic carbocycles. The van der Waals surface area contributed by atoms with Gasteiger partial charge in [-0.05, 0) is 50.5 Å². The summed E-state index contributed by atoms with van der Waals surface area (Å²) in [5.41, 5.74) is 6.75. The van der Waals surface area contributed by atoms with Crippen molar-refractivity contribution in [2.24, 2.45) is 16.6 Å². The molecule has 1 rings (SSSR count). The van der Waals surface area contributed by atoms with Crippen LogP contribution in [0.1, 0.15) is 34.1 Å².